The van der Waals surface area contributed by atoms with E-state index in [-0.39, 0.29) is 0 Å². The fourth-order valence-corrected chi connectivity index (χ4v) is 2.00. The second-order valence-corrected chi connectivity index (χ2v) is 4.37. The van der Waals surface area contributed by atoms with Crippen LogP contribution in [0.2, 0.25) is 0 Å². The number of hydrogen-bond donors (Lipinski definition) is 0. The van der Waals surface area contributed by atoms with Crippen LogP contribution in [-0.4, -0.2) is 0 Å². The molecule has 0 spiro atoms. The highest BCUT2D eigenvalue weighted by atomic mass is 14.2. The van der Waals surface area contributed by atoms with E-state index in [1.807, 2.05) is 12.1 Å². The van der Waals surface area contributed by atoms with Crippen molar-refractivity contribution >= 4 is 0 Å². The van der Waals surface area contributed by atoms with Crippen molar-refractivity contribution in [1.29, 1.82) is 5.26 Å². The minimum atomic E-state index is 0.628. The highest BCUT2D eigenvalue weighted by Gasteiger charge is 2.14. The predicted octanol–water partition coefficient (Wildman–Crippen LogP) is 4.10. The Balaban J connectivity index is 2.87. The van der Waals surface area contributed by atoms with E-state index >= 15 is 0 Å². The van der Waals surface area contributed by atoms with Gasteiger partial charge in [-0.05, 0) is 36.0 Å². The van der Waals surface area contributed by atoms with E-state index in [9.17, 15) is 0 Å². The van der Waals surface area contributed by atoms with Gasteiger partial charge in [0.2, 0.25) is 0 Å². The summed E-state index contributed by atoms with van der Waals surface area (Å²) in [5.74, 6) is 1.29. The van der Waals surface area contributed by atoms with E-state index in [1.54, 1.807) is 0 Å². The second-order valence-electron chi connectivity index (χ2n) is 4.37. The Bertz CT molecular complexity index is 329. The van der Waals surface area contributed by atoms with Crippen LogP contribution in [0.1, 0.15) is 50.7 Å². The summed E-state index contributed by atoms with van der Waals surface area (Å²) < 4.78 is 0. The van der Waals surface area contributed by atoms with Crippen molar-refractivity contribution in [2.24, 2.45) is 5.92 Å². The molecule has 0 aliphatic rings. The maximum Gasteiger partial charge on any atom is 0.0991 e. The topological polar surface area (TPSA) is 23.8 Å². The third-order valence-electron chi connectivity index (χ3n) is 2.87. The lowest BCUT2D eigenvalue weighted by molar-refractivity contribution is 0.463. The third kappa shape index (κ3) is 3.09. The van der Waals surface area contributed by atoms with E-state index in [1.165, 1.54) is 18.4 Å². The summed E-state index contributed by atoms with van der Waals surface area (Å²) in [6.45, 7) is 6.75. The molecule has 1 aromatic rings. The zero-order chi connectivity index (χ0) is 11.3. The van der Waals surface area contributed by atoms with Crippen molar-refractivity contribution in [2.75, 3.05) is 0 Å². The average Bonchev–Trinajstić information content (AvgIpc) is 2.26. The van der Waals surface area contributed by atoms with Gasteiger partial charge in [-0.1, -0.05) is 39.3 Å². The molecule has 15 heavy (non-hydrogen) atoms. The minimum Gasteiger partial charge on any atom is -0.192 e. The summed E-state index contributed by atoms with van der Waals surface area (Å²) in [5.41, 5.74) is 2.11. The van der Waals surface area contributed by atoms with Gasteiger partial charge < -0.3 is 0 Å². The zero-order valence-electron chi connectivity index (χ0n) is 9.83. The van der Waals surface area contributed by atoms with Crippen LogP contribution in [0.15, 0.2) is 24.3 Å². The zero-order valence-corrected chi connectivity index (χ0v) is 9.83. The molecule has 0 N–H and O–H groups in total. The molecule has 0 fully saturated rings. The van der Waals surface area contributed by atoms with Gasteiger partial charge in [0.25, 0.3) is 0 Å². The lowest BCUT2D eigenvalue weighted by Gasteiger charge is -2.20. The van der Waals surface area contributed by atoms with Gasteiger partial charge in [0.1, 0.15) is 0 Å². The molecule has 0 saturated carbocycles. The van der Waals surface area contributed by atoms with Crippen LogP contribution in [0.25, 0.3) is 0 Å². The molecule has 0 aliphatic carbocycles. The quantitative estimate of drug-likeness (QED) is 0.719. The predicted molar refractivity (Wildman–Crippen MR) is 63.6 cm³/mol. The molecule has 80 valence electrons. The van der Waals surface area contributed by atoms with Gasteiger partial charge in [0, 0.05) is 0 Å². The number of rotatable bonds is 4. The van der Waals surface area contributed by atoms with E-state index in [4.69, 9.17) is 5.26 Å². The van der Waals surface area contributed by atoms with Gasteiger partial charge in [-0.2, -0.15) is 5.26 Å². The molecular weight excluding hydrogens is 182 g/mol. The Morgan fingerprint density at radius 2 is 1.80 bits per heavy atom. The van der Waals surface area contributed by atoms with Crippen LogP contribution in [0, 0.1) is 17.2 Å². The lowest BCUT2D eigenvalue weighted by Crippen LogP contribution is -2.06. The summed E-state index contributed by atoms with van der Waals surface area (Å²) in [6, 6.07) is 10.2. The van der Waals surface area contributed by atoms with Gasteiger partial charge in [-0.25, -0.2) is 0 Å². The van der Waals surface area contributed by atoms with Crippen molar-refractivity contribution in [2.45, 2.75) is 39.5 Å². The Kier molecular flexibility index (Phi) is 4.37. The van der Waals surface area contributed by atoms with Crippen molar-refractivity contribution in [1.82, 2.24) is 0 Å². The molecule has 1 heteroatoms. The third-order valence-corrected chi connectivity index (χ3v) is 2.87. The first-order valence-electron chi connectivity index (χ1n) is 5.69. The van der Waals surface area contributed by atoms with E-state index in [0.29, 0.717) is 11.8 Å². The van der Waals surface area contributed by atoms with Crippen molar-refractivity contribution in [3.63, 3.8) is 0 Å². The average molecular weight is 201 g/mol. The first-order chi connectivity index (χ1) is 7.19. The minimum absolute atomic E-state index is 0.628. The fourth-order valence-electron chi connectivity index (χ4n) is 2.00. The molecule has 1 nitrogen and oxygen atoms in total. The molecule has 1 aromatic carbocycles. The molecule has 0 aromatic heterocycles. The normalized spacial score (nSPS) is 12.5. The maximum atomic E-state index is 8.73. The first-order valence-corrected chi connectivity index (χ1v) is 5.69. The largest absolute Gasteiger partial charge is 0.192 e. The van der Waals surface area contributed by atoms with Gasteiger partial charge >= 0.3 is 0 Å². The van der Waals surface area contributed by atoms with Gasteiger partial charge in [0.15, 0.2) is 0 Å². The van der Waals surface area contributed by atoms with Crippen LogP contribution in [0.5, 0.6) is 0 Å². The number of hydrogen-bond acceptors (Lipinski definition) is 1. The highest BCUT2D eigenvalue weighted by molar-refractivity contribution is 5.33. The van der Waals surface area contributed by atoms with E-state index < -0.39 is 0 Å². The van der Waals surface area contributed by atoms with Gasteiger partial charge in [-0.15, -0.1) is 0 Å². The van der Waals surface area contributed by atoms with Crippen LogP contribution in [0.4, 0.5) is 0 Å². The van der Waals surface area contributed by atoms with Gasteiger partial charge in [-0.3, -0.25) is 0 Å². The van der Waals surface area contributed by atoms with Gasteiger partial charge in [0.05, 0.1) is 11.6 Å². The van der Waals surface area contributed by atoms with E-state index in [2.05, 4.69) is 39.0 Å². The summed E-state index contributed by atoms with van der Waals surface area (Å²) in [7, 11) is 0. The molecule has 0 heterocycles. The molecule has 1 unspecified atom stereocenters. The first kappa shape index (κ1) is 11.8. The molecule has 0 amide bonds. The Morgan fingerprint density at radius 3 is 2.20 bits per heavy atom. The second kappa shape index (κ2) is 5.56. The van der Waals surface area contributed by atoms with E-state index in [0.717, 1.165) is 5.56 Å². The van der Waals surface area contributed by atoms with Crippen LogP contribution in [0.3, 0.4) is 0 Å². The summed E-state index contributed by atoms with van der Waals surface area (Å²) >= 11 is 0. The fraction of sp³-hybridized carbons (Fsp3) is 0.500. The Labute approximate surface area is 92.7 Å². The molecule has 0 aliphatic heterocycles. The number of benzene rings is 1. The highest BCUT2D eigenvalue weighted by Crippen LogP contribution is 2.28. The van der Waals surface area contributed by atoms with Crippen LogP contribution >= 0.6 is 0 Å². The summed E-state index contributed by atoms with van der Waals surface area (Å²) in [4.78, 5) is 0. The molecule has 0 bridgehead atoms. The maximum absolute atomic E-state index is 8.73. The molecule has 0 saturated heterocycles. The molecule has 1 atom stereocenters. The summed E-state index contributed by atoms with van der Waals surface area (Å²) in [5, 5.41) is 8.73. The SMILES string of the molecule is CCCC(c1ccc(C#N)cc1)C(C)C. The Morgan fingerprint density at radius 1 is 1.20 bits per heavy atom. The smallest absolute Gasteiger partial charge is 0.0991 e. The molecular formula is C14H19N. The lowest BCUT2D eigenvalue weighted by atomic mass is 9.85. The summed E-state index contributed by atoms with van der Waals surface area (Å²) in [6.07, 6.45) is 2.44. The van der Waals surface area contributed by atoms with Crippen molar-refractivity contribution in [3.05, 3.63) is 35.4 Å². The van der Waals surface area contributed by atoms with Crippen LogP contribution in [-0.2, 0) is 0 Å². The van der Waals surface area contributed by atoms with Crippen molar-refractivity contribution in [3.8, 4) is 6.07 Å². The van der Waals surface area contributed by atoms with Crippen LogP contribution < -0.4 is 0 Å². The monoisotopic (exact) mass is 201 g/mol. The number of nitriles is 1. The molecule has 1 rings (SSSR count). The number of nitrogens with zero attached hydrogens (tertiary/aromatic N) is 1. The Hall–Kier alpha value is -1.29. The molecule has 0 radical (unpaired) electrons. The standard InChI is InChI=1S/C14H19N/c1-4-5-14(11(2)3)13-8-6-12(10-15)7-9-13/h6-9,11,14H,4-5H2,1-3H3. The van der Waals surface area contributed by atoms with Crippen molar-refractivity contribution < 1.29 is 0 Å².